The van der Waals surface area contributed by atoms with Gasteiger partial charge in [0, 0.05) is 0 Å². The van der Waals surface area contributed by atoms with Crippen LogP contribution in [0, 0.1) is 33.5 Å². The Morgan fingerprint density at radius 2 is 0.896 bits per heavy atom. The molecule has 0 aromatic heterocycles. The predicted octanol–water partition coefficient (Wildman–Crippen LogP) is 10.6. The Bertz CT molecular complexity index is 1570. The summed E-state index contributed by atoms with van der Waals surface area (Å²) in [4.78, 5) is 52.6. The maximum atomic E-state index is 13.3. The van der Waals surface area contributed by atoms with Crippen LogP contribution in [0.5, 0.6) is 11.5 Å². The Balaban J connectivity index is 1.54. The summed E-state index contributed by atoms with van der Waals surface area (Å²) in [6.07, 6.45) is 1.63. The lowest BCUT2D eigenvalue weighted by molar-refractivity contribution is -0.156. The van der Waals surface area contributed by atoms with E-state index in [-0.39, 0.29) is 76.8 Å². The van der Waals surface area contributed by atoms with E-state index in [1.54, 1.807) is 0 Å². The standard InChI is InChI=1S/C34H36Cl6O8/c1-31(2)11-15(33(31,5)6)13-45-27(41)21-23(39)17(35)9-19(37)25(21)47-29(43)30(44)48-26-20(38)10-18(36)24(40)22(26)28(42)46-14-16-12-32(3,4)34(16,7)8/h9-10,15-16H,11-14H2,1-8H3. The molecule has 0 heterocycles. The van der Waals surface area contributed by atoms with E-state index in [1.807, 2.05) is 0 Å². The van der Waals surface area contributed by atoms with Gasteiger partial charge in [-0.15, -0.1) is 0 Å². The minimum atomic E-state index is -1.65. The fourth-order valence-corrected chi connectivity index (χ4v) is 7.57. The number of halogens is 6. The first-order valence-corrected chi connectivity index (χ1v) is 17.3. The Morgan fingerprint density at radius 1 is 0.583 bits per heavy atom. The zero-order valence-electron chi connectivity index (χ0n) is 27.7. The molecule has 2 aromatic rings. The first kappa shape index (κ1) is 38.9. The average molecular weight is 785 g/mol. The molecule has 0 N–H and O–H groups in total. The van der Waals surface area contributed by atoms with Crippen molar-refractivity contribution >= 4 is 93.5 Å². The van der Waals surface area contributed by atoms with Crippen molar-refractivity contribution in [3.63, 3.8) is 0 Å². The van der Waals surface area contributed by atoms with Crippen molar-refractivity contribution in [2.24, 2.45) is 33.5 Å². The highest BCUT2D eigenvalue weighted by atomic mass is 35.5. The minimum absolute atomic E-state index is 0.0423. The van der Waals surface area contributed by atoms with Gasteiger partial charge in [0.2, 0.25) is 0 Å². The smallest absolute Gasteiger partial charge is 0.423 e. The maximum Gasteiger partial charge on any atom is 0.423 e. The normalized spacial score (nSPS) is 21.3. The van der Waals surface area contributed by atoms with Crippen LogP contribution in [0.2, 0.25) is 30.1 Å². The van der Waals surface area contributed by atoms with Gasteiger partial charge in [-0.2, -0.15) is 0 Å². The lowest BCUT2D eigenvalue weighted by Crippen LogP contribution is -2.53. The molecule has 0 aliphatic heterocycles. The van der Waals surface area contributed by atoms with Gasteiger partial charge in [-0.3, -0.25) is 0 Å². The fraction of sp³-hybridized carbons (Fsp3) is 0.529. The molecule has 2 aromatic carbocycles. The van der Waals surface area contributed by atoms with Crippen molar-refractivity contribution < 1.29 is 38.1 Å². The zero-order valence-corrected chi connectivity index (χ0v) is 32.2. The van der Waals surface area contributed by atoms with E-state index in [0.29, 0.717) is 0 Å². The first-order chi connectivity index (χ1) is 21.9. The van der Waals surface area contributed by atoms with Crippen LogP contribution in [-0.2, 0) is 19.1 Å². The van der Waals surface area contributed by atoms with Crippen LogP contribution >= 0.6 is 69.6 Å². The molecule has 2 unspecified atom stereocenters. The number of carbonyl (C=O) groups is 4. The second-order valence-electron chi connectivity index (χ2n) is 14.7. The third kappa shape index (κ3) is 7.00. The van der Waals surface area contributed by atoms with E-state index in [9.17, 15) is 19.2 Å². The molecule has 48 heavy (non-hydrogen) atoms. The Labute approximate surface area is 309 Å². The molecule has 4 rings (SSSR count). The number of rotatable bonds is 8. The number of esters is 4. The van der Waals surface area contributed by atoms with Gasteiger partial charge in [-0.05, 0) is 58.5 Å². The number of hydrogen-bond donors (Lipinski definition) is 0. The van der Waals surface area contributed by atoms with E-state index in [4.69, 9.17) is 88.6 Å². The van der Waals surface area contributed by atoms with Gasteiger partial charge < -0.3 is 18.9 Å². The molecule has 8 nitrogen and oxygen atoms in total. The summed E-state index contributed by atoms with van der Waals surface area (Å²) in [5, 5.41) is -1.51. The second kappa shape index (κ2) is 13.6. The Hall–Kier alpha value is -1.94. The second-order valence-corrected chi connectivity index (χ2v) is 17.1. The highest BCUT2D eigenvalue weighted by Gasteiger charge is 2.55. The quantitative estimate of drug-likeness (QED) is 0.113. The maximum absolute atomic E-state index is 13.3. The van der Waals surface area contributed by atoms with Crippen molar-refractivity contribution in [3.8, 4) is 11.5 Å². The van der Waals surface area contributed by atoms with Crippen LogP contribution in [0.15, 0.2) is 12.1 Å². The van der Waals surface area contributed by atoms with Gasteiger partial charge in [0.05, 0.1) is 43.3 Å². The van der Waals surface area contributed by atoms with Crippen molar-refractivity contribution in [3.05, 3.63) is 53.4 Å². The van der Waals surface area contributed by atoms with Crippen LogP contribution < -0.4 is 9.47 Å². The number of carbonyl (C=O) groups excluding carboxylic acids is 4. The Morgan fingerprint density at radius 3 is 1.17 bits per heavy atom. The molecule has 2 aliphatic carbocycles. The molecule has 0 spiro atoms. The van der Waals surface area contributed by atoms with Gasteiger partial charge >= 0.3 is 23.9 Å². The summed E-state index contributed by atoms with van der Waals surface area (Å²) >= 11 is 37.6. The molecule has 262 valence electrons. The predicted molar refractivity (Wildman–Crippen MR) is 186 cm³/mol. The molecule has 2 fully saturated rings. The molecule has 2 aliphatic rings. The van der Waals surface area contributed by atoms with E-state index in [1.165, 1.54) is 0 Å². The number of ether oxygens (including phenoxy) is 4. The summed E-state index contributed by atoms with van der Waals surface area (Å²) in [7, 11) is 0. The van der Waals surface area contributed by atoms with E-state index in [2.05, 4.69) is 55.4 Å². The number of benzene rings is 2. The lowest BCUT2D eigenvalue weighted by Gasteiger charge is -2.58. The molecule has 0 saturated heterocycles. The molecular weight excluding hydrogens is 749 g/mol. The zero-order chi connectivity index (χ0) is 36.3. The third-order valence-electron chi connectivity index (χ3n) is 11.1. The largest absolute Gasteiger partial charge is 0.462 e. The fourth-order valence-electron chi connectivity index (χ4n) is 6.13. The first-order valence-electron chi connectivity index (χ1n) is 15.1. The van der Waals surface area contributed by atoms with Crippen molar-refractivity contribution in [1.29, 1.82) is 0 Å². The molecule has 0 bridgehead atoms. The lowest BCUT2D eigenvalue weighted by atomic mass is 9.47. The van der Waals surface area contributed by atoms with Gasteiger partial charge in [0.15, 0.2) is 11.5 Å². The third-order valence-corrected chi connectivity index (χ3v) is 13.2. The summed E-state index contributed by atoms with van der Waals surface area (Å²) in [6, 6.07) is 2.25. The molecule has 2 saturated carbocycles. The van der Waals surface area contributed by atoms with E-state index >= 15 is 0 Å². The van der Waals surface area contributed by atoms with Crippen LogP contribution in [-0.4, -0.2) is 37.1 Å². The highest BCUT2D eigenvalue weighted by Crippen LogP contribution is 2.61. The molecule has 0 radical (unpaired) electrons. The van der Waals surface area contributed by atoms with Gasteiger partial charge in [0.25, 0.3) is 0 Å². The van der Waals surface area contributed by atoms with Gasteiger partial charge in [-0.25, -0.2) is 19.2 Å². The van der Waals surface area contributed by atoms with Crippen molar-refractivity contribution in [2.75, 3.05) is 13.2 Å². The van der Waals surface area contributed by atoms with E-state index in [0.717, 1.165) is 25.0 Å². The molecular formula is C34H36Cl6O8. The van der Waals surface area contributed by atoms with Crippen LogP contribution in [0.25, 0.3) is 0 Å². The topological polar surface area (TPSA) is 105 Å². The van der Waals surface area contributed by atoms with Crippen LogP contribution in [0.4, 0.5) is 0 Å². The highest BCUT2D eigenvalue weighted by molar-refractivity contribution is 6.47. The van der Waals surface area contributed by atoms with Crippen molar-refractivity contribution in [2.45, 2.75) is 68.2 Å². The van der Waals surface area contributed by atoms with Crippen molar-refractivity contribution in [1.82, 2.24) is 0 Å². The summed E-state index contributed by atoms with van der Waals surface area (Å²) in [5.74, 6) is -6.32. The van der Waals surface area contributed by atoms with Gasteiger partial charge in [-0.1, -0.05) is 125 Å². The van der Waals surface area contributed by atoms with Crippen LogP contribution in [0.1, 0.15) is 88.9 Å². The van der Waals surface area contributed by atoms with E-state index < -0.39 is 46.5 Å². The monoisotopic (exact) mass is 782 g/mol. The molecule has 14 heteroatoms. The summed E-state index contributed by atoms with van der Waals surface area (Å²) < 4.78 is 21.5. The molecule has 2 atom stereocenters. The SMILES string of the molecule is CC1(C)CC(COC(=O)c2c(Cl)c(Cl)cc(Cl)c2OC(=O)C(=O)Oc2c(Cl)cc(Cl)c(Cl)c2C(=O)OCC2CC(C)(C)C2(C)C)C1(C)C. The summed E-state index contributed by atoms with van der Waals surface area (Å²) in [6.45, 7) is 16.9. The summed E-state index contributed by atoms with van der Waals surface area (Å²) in [5.41, 5.74) is -1.09. The molecule has 0 amide bonds. The number of hydrogen-bond acceptors (Lipinski definition) is 8. The van der Waals surface area contributed by atoms with Gasteiger partial charge in [0.1, 0.15) is 11.1 Å². The average Bonchev–Trinajstić information content (AvgIpc) is 2.98. The van der Waals surface area contributed by atoms with Crippen LogP contribution in [0.3, 0.4) is 0 Å². The Kier molecular flexibility index (Phi) is 11.0. The minimum Gasteiger partial charge on any atom is -0.462 e.